The maximum absolute atomic E-state index is 13.4. The largest absolute Gasteiger partial charge is 0.497 e. The van der Waals surface area contributed by atoms with Crippen molar-refractivity contribution in [1.29, 1.82) is 0 Å². The Hall–Kier alpha value is -4.65. The number of hydrogen-bond donors (Lipinski definition) is 1. The van der Waals surface area contributed by atoms with E-state index in [0.717, 1.165) is 28.0 Å². The summed E-state index contributed by atoms with van der Waals surface area (Å²) >= 11 is 0. The molecule has 2 heterocycles. The van der Waals surface area contributed by atoms with Crippen LogP contribution >= 0.6 is 0 Å². The molecule has 7 nitrogen and oxygen atoms in total. The second-order valence-corrected chi connectivity index (χ2v) is 8.49. The van der Waals surface area contributed by atoms with E-state index in [-0.39, 0.29) is 5.91 Å². The van der Waals surface area contributed by atoms with Crippen LogP contribution in [-0.4, -0.2) is 32.3 Å². The van der Waals surface area contributed by atoms with Gasteiger partial charge in [-0.3, -0.25) is 9.48 Å². The highest BCUT2D eigenvalue weighted by Gasteiger charge is 2.19. The number of amides is 1. The van der Waals surface area contributed by atoms with Gasteiger partial charge in [-0.15, -0.1) is 0 Å². The van der Waals surface area contributed by atoms with Crippen LogP contribution in [0.25, 0.3) is 11.3 Å². The Bertz CT molecular complexity index is 1420. The highest BCUT2D eigenvalue weighted by atomic mass is 16.5. The summed E-state index contributed by atoms with van der Waals surface area (Å²) < 4.78 is 9.12. The van der Waals surface area contributed by atoms with Gasteiger partial charge in [-0.05, 0) is 41.0 Å². The maximum atomic E-state index is 13.4. The lowest BCUT2D eigenvalue weighted by atomic mass is 10.1. The fourth-order valence-electron chi connectivity index (χ4n) is 4.13. The third kappa shape index (κ3) is 5.36. The Morgan fingerprint density at radius 2 is 1.67 bits per heavy atom. The van der Waals surface area contributed by atoms with Crippen molar-refractivity contribution in [3.8, 4) is 17.0 Å². The Balaban J connectivity index is 1.39. The summed E-state index contributed by atoms with van der Waals surface area (Å²) in [6, 6.07) is 25.8. The van der Waals surface area contributed by atoms with Crippen molar-refractivity contribution >= 4 is 5.91 Å². The maximum Gasteiger partial charge on any atom is 0.255 e. The van der Waals surface area contributed by atoms with Crippen molar-refractivity contribution in [3.63, 3.8) is 0 Å². The quantitative estimate of drug-likeness (QED) is 0.332. The molecule has 180 valence electrons. The Kier molecular flexibility index (Phi) is 6.89. The number of hydrogen-bond acceptors (Lipinski definition) is 4. The average Bonchev–Trinajstić information content (AvgIpc) is 3.59. The number of ether oxygens (including phenoxy) is 1. The van der Waals surface area contributed by atoms with Gasteiger partial charge >= 0.3 is 0 Å². The monoisotopic (exact) mass is 477 g/mol. The predicted molar refractivity (Wildman–Crippen MR) is 139 cm³/mol. The summed E-state index contributed by atoms with van der Waals surface area (Å²) in [6.45, 7) is 1.68. The summed E-state index contributed by atoms with van der Waals surface area (Å²) in [5.74, 6) is 0.584. The van der Waals surface area contributed by atoms with Crippen LogP contribution in [0.4, 0.5) is 0 Å². The summed E-state index contributed by atoms with van der Waals surface area (Å²) in [5.41, 5.74) is 5.32. The van der Waals surface area contributed by atoms with Crippen LogP contribution in [0, 0.1) is 0 Å². The molecular weight excluding hydrogens is 450 g/mol. The minimum atomic E-state index is -0.169. The van der Waals surface area contributed by atoms with Crippen LogP contribution in [-0.2, 0) is 19.6 Å². The molecular formula is C29H27N5O2. The van der Waals surface area contributed by atoms with Crippen LogP contribution in [0.1, 0.15) is 27.0 Å². The van der Waals surface area contributed by atoms with E-state index >= 15 is 0 Å². The van der Waals surface area contributed by atoms with Crippen molar-refractivity contribution in [2.75, 3.05) is 7.11 Å². The van der Waals surface area contributed by atoms with Gasteiger partial charge in [-0.1, -0.05) is 54.6 Å². The SMILES string of the molecule is COc1ccc(-c2nn(Cc3ccccc3)cc2C(=O)NCc2ccccc2Cn2ccnc2)cc1. The number of nitrogens with zero attached hydrogens (tertiary/aromatic N) is 4. The molecule has 0 unspecified atom stereocenters. The first kappa shape index (κ1) is 23.1. The molecule has 0 radical (unpaired) electrons. The summed E-state index contributed by atoms with van der Waals surface area (Å²) in [5, 5.41) is 7.88. The third-order valence-corrected chi connectivity index (χ3v) is 6.03. The first-order valence-electron chi connectivity index (χ1n) is 11.8. The number of rotatable bonds is 9. The molecule has 5 aromatic rings. The van der Waals surface area contributed by atoms with Crippen LogP contribution in [0.15, 0.2) is 104 Å². The van der Waals surface area contributed by atoms with E-state index < -0.39 is 0 Å². The molecule has 0 saturated carbocycles. The molecule has 0 bridgehead atoms. The normalized spacial score (nSPS) is 10.8. The number of nitrogens with one attached hydrogen (secondary N) is 1. The number of aromatic nitrogens is 4. The first-order chi connectivity index (χ1) is 17.7. The molecule has 3 aromatic carbocycles. The number of methoxy groups -OCH3 is 1. The van der Waals surface area contributed by atoms with Gasteiger partial charge in [0.05, 0.1) is 25.5 Å². The fraction of sp³-hybridized carbons (Fsp3) is 0.138. The molecule has 0 spiro atoms. The molecule has 0 atom stereocenters. The van der Waals surface area contributed by atoms with Crippen LogP contribution < -0.4 is 10.1 Å². The van der Waals surface area contributed by atoms with Gasteiger partial charge in [0, 0.05) is 37.2 Å². The smallest absolute Gasteiger partial charge is 0.255 e. The van der Waals surface area contributed by atoms with Crippen molar-refractivity contribution in [1.82, 2.24) is 24.6 Å². The van der Waals surface area contributed by atoms with E-state index in [1.54, 1.807) is 19.6 Å². The van der Waals surface area contributed by atoms with Crippen molar-refractivity contribution in [2.45, 2.75) is 19.6 Å². The number of imidazole rings is 1. The average molecular weight is 478 g/mol. The highest BCUT2D eigenvalue weighted by molar-refractivity contribution is 5.99. The van der Waals surface area contributed by atoms with Gasteiger partial charge in [0.15, 0.2) is 0 Å². The fourth-order valence-corrected chi connectivity index (χ4v) is 4.13. The van der Waals surface area contributed by atoms with Crippen molar-refractivity contribution in [3.05, 3.63) is 126 Å². The summed E-state index contributed by atoms with van der Waals surface area (Å²) in [7, 11) is 1.63. The molecule has 0 aliphatic carbocycles. The molecule has 7 heteroatoms. The highest BCUT2D eigenvalue weighted by Crippen LogP contribution is 2.25. The molecule has 0 aliphatic heterocycles. The van der Waals surface area contributed by atoms with E-state index in [4.69, 9.17) is 9.84 Å². The predicted octanol–water partition coefficient (Wildman–Crippen LogP) is 4.78. The van der Waals surface area contributed by atoms with Crippen LogP contribution in [0.5, 0.6) is 5.75 Å². The van der Waals surface area contributed by atoms with Gasteiger partial charge in [-0.25, -0.2) is 4.98 Å². The lowest BCUT2D eigenvalue weighted by molar-refractivity contribution is 0.0951. The standard InChI is InChI=1S/C29H27N5O2/c1-36-26-13-11-23(12-14-26)28-27(20-34(32-28)18-22-7-3-2-4-8-22)29(35)31-17-24-9-5-6-10-25(24)19-33-16-15-30-21-33/h2-16,20-21H,17-19H2,1H3,(H,31,35). The van der Waals surface area contributed by atoms with E-state index in [9.17, 15) is 4.79 Å². The van der Waals surface area contributed by atoms with Gasteiger partial charge in [0.1, 0.15) is 11.4 Å². The van der Waals surface area contributed by atoms with Crippen LogP contribution in [0.3, 0.4) is 0 Å². The molecule has 1 N–H and O–H groups in total. The molecule has 36 heavy (non-hydrogen) atoms. The summed E-state index contributed by atoms with van der Waals surface area (Å²) in [6.07, 6.45) is 7.30. The van der Waals surface area contributed by atoms with Crippen LogP contribution in [0.2, 0.25) is 0 Å². The molecule has 5 rings (SSSR count). The molecule has 0 saturated heterocycles. The van der Waals surface area contributed by atoms with Gasteiger partial charge < -0.3 is 14.6 Å². The molecule has 0 aliphatic rings. The van der Waals surface area contributed by atoms with E-state index in [2.05, 4.69) is 16.4 Å². The molecule has 0 fully saturated rings. The zero-order chi connectivity index (χ0) is 24.7. The number of carbonyl (C=O) groups is 1. The number of carbonyl (C=O) groups excluding carboxylic acids is 1. The van der Waals surface area contributed by atoms with E-state index in [1.165, 1.54) is 0 Å². The third-order valence-electron chi connectivity index (χ3n) is 6.03. The second-order valence-electron chi connectivity index (χ2n) is 8.49. The van der Waals surface area contributed by atoms with E-state index in [0.29, 0.717) is 30.9 Å². The lowest BCUT2D eigenvalue weighted by Gasteiger charge is -2.11. The topological polar surface area (TPSA) is 74.0 Å². The zero-order valence-corrected chi connectivity index (χ0v) is 20.0. The first-order valence-corrected chi connectivity index (χ1v) is 11.8. The lowest BCUT2D eigenvalue weighted by Crippen LogP contribution is -2.24. The minimum absolute atomic E-state index is 0.169. The molecule has 1 amide bonds. The Labute approximate surface area is 210 Å². The number of benzene rings is 3. The second kappa shape index (κ2) is 10.7. The Morgan fingerprint density at radius 1 is 0.917 bits per heavy atom. The molecule has 2 aromatic heterocycles. The van der Waals surface area contributed by atoms with Gasteiger partial charge in [0.2, 0.25) is 0 Å². The van der Waals surface area contributed by atoms with Crippen molar-refractivity contribution in [2.24, 2.45) is 0 Å². The summed E-state index contributed by atoms with van der Waals surface area (Å²) in [4.78, 5) is 17.5. The minimum Gasteiger partial charge on any atom is -0.497 e. The van der Waals surface area contributed by atoms with E-state index in [1.807, 2.05) is 94.4 Å². The van der Waals surface area contributed by atoms with Crippen molar-refractivity contribution < 1.29 is 9.53 Å². The van der Waals surface area contributed by atoms with Gasteiger partial charge in [0.25, 0.3) is 5.91 Å². The van der Waals surface area contributed by atoms with Gasteiger partial charge in [-0.2, -0.15) is 5.10 Å². The zero-order valence-electron chi connectivity index (χ0n) is 20.0. The Morgan fingerprint density at radius 3 is 2.39 bits per heavy atom.